The Hall–Kier alpha value is 0.520. The summed E-state index contributed by atoms with van der Waals surface area (Å²) < 4.78 is 0. The molecule has 40 heavy (non-hydrogen) atoms. The molecular formula is C20H48Cl4O16-4. The number of hydrogen-bond donors (Lipinski definition) is 16. The van der Waals surface area contributed by atoms with E-state index in [0.29, 0.717) is 0 Å². The van der Waals surface area contributed by atoms with Crippen molar-refractivity contribution in [2.45, 2.75) is 0 Å². The molecule has 0 unspecified atom stereocenters. The Labute approximate surface area is 258 Å². The van der Waals surface area contributed by atoms with Gasteiger partial charge in [-0.15, -0.1) is 0 Å². The topological polar surface area (TPSA) is 324 Å². The van der Waals surface area contributed by atoms with Gasteiger partial charge in [-0.3, -0.25) is 0 Å². The molecule has 16 nitrogen and oxygen atoms in total. The van der Waals surface area contributed by atoms with E-state index in [1.54, 1.807) is 0 Å². The van der Waals surface area contributed by atoms with Crippen molar-refractivity contribution in [3.05, 3.63) is 0 Å². The van der Waals surface area contributed by atoms with Crippen LogP contribution >= 0.6 is 0 Å². The van der Waals surface area contributed by atoms with Gasteiger partial charge in [0.05, 0.1) is 127 Å². The fourth-order valence-electron chi connectivity index (χ4n) is 1.20. The smallest absolute Gasteiger partial charge is 0.0627 e. The molecule has 0 saturated carbocycles. The first-order valence-electron chi connectivity index (χ1n) is 10.7. The van der Waals surface area contributed by atoms with Gasteiger partial charge in [0.1, 0.15) is 0 Å². The monoisotopic (exact) mass is 684 g/mol. The minimum atomic E-state index is -1.11. The lowest BCUT2D eigenvalue weighted by molar-refractivity contribution is -0.0332. The van der Waals surface area contributed by atoms with Gasteiger partial charge in [-0.05, 0) is 0 Å². The van der Waals surface area contributed by atoms with Gasteiger partial charge in [-0.1, -0.05) is 0 Å². The maximum atomic E-state index is 8.50. The number of halogens is 4. The zero-order chi connectivity index (χ0) is 29.3. The molecule has 16 N–H and O–H groups in total. The summed E-state index contributed by atoms with van der Waals surface area (Å²) >= 11 is 0. The highest BCUT2D eigenvalue weighted by Crippen LogP contribution is 2.13. The highest BCUT2D eigenvalue weighted by atomic mass is 35.5. The highest BCUT2D eigenvalue weighted by molar-refractivity contribution is 4.76. The summed E-state index contributed by atoms with van der Waals surface area (Å²) in [5.41, 5.74) is -4.44. The number of aliphatic hydroxyl groups is 16. The van der Waals surface area contributed by atoms with Gasteiger partial charge in [0.25, 0.3) is 0 Å². The molecule has 0 fully saturated rings. The van der Waals surface area contributed by atoms with Crippen molar-refractivity contribution >= 4 is 0 Å². The second-order valence-corrected chi connectivity index (χ2v) is 8.53. The molecule has 0 aliphatic heterocycles. The first kappa shape index (κ1) is 59.8. The Bertz CT molecular complexity index is 306. The van der Waals surface area contributed by atoms with Gasteiger partial charge in [0.2, 0.25) is 0 Å². The lowest BCUT2D eigenvalue weighted by Gasteiger charge is -2.23. The lowest BCUT2D eigenvalue weighted by Crippen LogP contribution is -3.00. The molecule has 0 heterocycles. The molecule has 0 radical (unpaired) electrons. The Morgan fingerprint density at radius 3 is 0.225 bits per heavy atom. The van der Waals surface area contributed by atoms with Crippen LogP contribution in [-0.2, 0) is 0 Å². The van der Waals surface area contributed by atoms with Crippen LogP contribution in [0, 0.1) is 21.7 Å². The van der Waals surface area contributed by atoms with Crippen LogP contribution in [0.15, 0.2) is 0 Å². The molecule has 0 aliphatic rings. The summed E-state index contributed by atoms with van der Waals surface area (Å²) in [6.07, 6.45) is 0. The summed E-state index contributed by atoms with van der Waals surface area (Å²) in [5.74, 6) is 0. The van der Waals surface area contributed by atoms with Crippen LogP contribution < -0.4 is 49.6 Å². The van der Waals surface area contributed by atoms with Crippen molar-refractivity contribution in [1.82, 2.24) is 0 Å². The Kier molecular flexibility index (Phi) is 53.4. The van der Waals surface area contributed by atoms with E-state index >= 15 is 0 Å². The molecule has 0 aromatic rings. The Balaban J connectivity index is -0.0000000551. The molecule has 20 heteroatoms. The first-order valence-corrected chi connectivity index (χ1v) is 10.7. The molecule has 0 aromatic heterocycles. The van der Waals surface area contributed by atoms with E-state index < -0.39 is 127 Å². The van der Waals surface area contributed by atoms with E-state index in [9.17, 15) is 0 Å². The second kappa shape index (κ2) is 35.7. The van der Waals surface area contributed by atoms with Gasteiger partial charge in [0, 0.05) is 0 Å². The van der Waals surface area contributed by atoms with Crippen LogP contribution in [0.3, 0.4) is 0 Å². The molecule has 0 spiro atoms. The molecule has 256 valence electrons. The summed E-state index contributed by atoms with van der Waals surface area (Å²) in [6.45, 7) is -6.50. The third-order valence-electron chi connectivity index (χ3n) is 5.37. The molecule has 0 rings (SSSR count). The minimum Gasteiger partial charge on any atom is -1.00 e. The summed E-state index contributed by atoms with van der Waals surface area (Å²) in [7, 11) is 0. The number of aliphatic hydroxyl groups excluding tert-OH is 16. The predicted octanol–water partition coefficient (Wildman–Crippen LogP) is -20.2. The normalized spacial score (nSPS) is 10.8. The second-order valence-electron chi connectivity index (χ2n) is 8.53. The molecule has 0 aromatic carbocycles. The average Bonchev–Trinajstić information content (AvgIpc) is 2.96. The van der Waals surface area contributed by atoms with E-state index in [1.165, 1.54) is 0 Å². The SMILES string of the molecule is OCC(CO)(CO)CO.OCC(CO)(CO)CO.OCC(CO)(CO)CO.OCC(CO)(CO)CO.[Cl-].[Cl-].[Cl-].[Cl-]. The van der Waals surface area contributed by atoms with Gasteiger partial charge < -0.3 is 131 Å². The zero-order valence-corrected chi connectivity index (χ0v) is 25.0. The van der Waals surface area contributed by atoms with Gasteiger partial charge in [-0.2, -0.15) is 0 Å². The predicted molar refractivity (Wildman–Crippen MR) is 123 cm³/mol. The van der Waals surface area contributed by atoms with Crippen molar-refractivity contribution in [3.8, 4) is 0 Å². The summed E-state index contributed by atoms with van der Waals surface area (Å²) in [4.78, 5) is 0. The van der Waals surface area contributed by atoms with Crippen molar-refractivity contribution in [2.24, 2.45) is 21.7 Å². The molecular weight excluding hydrogens is 638 g/mol. The van der Waals surface area contributed by atoms with E-state index in [4.69, 9.17) is 81.7 Å². The van der Waals surface area contributed by atoms with Crippen LogP contribution in [0.4, 0.5) is 0 Å². The van der Waals surface area contributed by atoms with Crippen LogP contribution in [0.1, 0.15) is 0 Å². The third-order valence-corrected chi connectivity index (χ3v) is 5.37. The summed E-state index contributed by atoms with van der Waals surface area (Å²) in [5, 5.41) is 136. The van der Waals surface area contributed by atoms with E-state index in [1.807, 2.05) is 0 Å². The molecule has 0 atom stereocenters. The van der Waals surface area contributed by atoms with E-state index in [0.717, 1.165) is 0 Å². The van der Waals surface area contributed by atoms with Crippen molar-refractivity contribution in [1.29, 1.82) is 0 Å². The number of rotatable bonds is 16. The Morgan fingerprint density at radius 2 is 0.225 bits per heavy atom. The van der Waals surface area contributed by atoms with Crippen LogP contribution in [0.2, 0.25) is 0 Å². The van der Waals surface area contributed by atoms with Gasteiger partial charge in [-0.25, -0.2) is 0 Å². The molecule has 0 saturated heterocycles. The van der Waals surface area contributed by atoms with Crippen LogP contribution in [0.25, 0.3) is 0 Å². The quantitative estimate of drug-likeness (QED) is 0.0717. The molecule has 0 bridgehead atoms. The zero-order valence-electron chi connectivity index (χ0n) is 22.0. The fourth-order valence-corrected chi connectivity index (χ4v) is 1.20. The summed E-state index contributed by atoms with van der Waals surface area (Å²) in [6, 6.07) is 0. The lowest BCUT2D eigenvalue weighted by atomic mass is 9.93. The molecule has 0 aliphatic carbocycles. The third kappa shape index (κ3) is 23.0. The maximum Gasteiger partial charge on any atom is 0.0627 e. The van der Waals surface area contributed by atoms with Crippen molar-refractivity contribution < 1.29 is 131 Å². The average molecular weight is 686 g/mol. The molecule has 0 amide bonds. The minimum absolute atomic E-state index is 0. The fraction of sp³-hybridized carbons (Fsp3) is 1.00. The van der Waals surface area contributed by atoms with Crippen molar-refractivity contribution in [3.63, 3.8) is 0 Å². The first-order chi connectivity index (χ1) is 17.0. The van der Waals surface area contributed by atoms with E-state index in [-0.39, 0.29) is 49.6 Å². The van der Waals surface area contributed by atoms with Gasteiger partial charge >= 0.3 is 0 Å². The van der Waals surface area contributed by atoms with Gasteiger partial charge in [0.15, 0.2) is 0 Å². The Morgan fingerprint density at radius 1 is 0.175 bits per heavy atom. The largest absolute Gasteiger partial charge is 1.00 e. The van der Waals surface area contributed by atoms with Crippen LogP contribution in [0.5, 0.6) is 0 Å². The van der Waals surface area contributed by atoms with Crippen molar-refractivity contribution in [2.75, 3.05) is 106 Å². The van der Waals surface area contributed by atoms with Crippen LogP contribution in [-0.4, -0.2) is 187 Å². The number of hydrogen-bond acceptors (Lipinski definition) is 16. The maximum absolute atomic E-state index is 8.50. The standard InChI is InChI=1S/4C5H12O4.4ClH/c4*6-1-5(2-7,3-8)4-9;;;;/h4*6-9H,1-4H2;4*1H/p-4. The highest BCUT2D eigenvalue weighted by Gasteiger charge is 2.28. The van der Waals surface area contributed by atoms with E-state index in [2.05, 4.69) is 0 Å².